The van der Waals surface area contributed by atoms with Crippen molar-refractivity contribution < 1.29 is 0 Å². The molecule has 1 fully saturated rings. The SMILES string of the molecule is CN1Cc2ccccc2C2CCCCCC2c2ccccc21. The molecule has 1 nitrogen and oxygen atoms in total. The van der Waals surface area contributed by atoms with Crippen molar-refractivity contribution in [1.29, 1.82) is 0 Å². The van der Waals surface area contributed by atoms with Crippen LogP contribution in [0.4, 0.5) is 5.69 Å². The van der Waals surface area contributed by atoms with E-state index in [1.54, 1.807) is 11.1 Å². The van der Waals surface area contributed by atoms with Gasteiger partial charge in [0.25, 0.3) is 0 Å². The molecule has 0 spiro atoms. The second-order valence-corrected chi connectivity index (χ2v) is 6.96. The second kappa shape index (κ2) is 5.79. The minimum absolute atomic E-state index is 0.683. The molecule has 1 saturated carbocycles. The maximum absolute atomic E-state index is 2.44. The van der Waals surface area contributed by atoms with Gasteiger partial charge >= 0.3 is 0 Å². The third-order valence-electron chi connectivity index (χ3n) is 5.63. The number of fused-ring (bicyclic) bond motifs is 5. The second-order valence-electron chi connectivity index (χ2n) is 6.96. The third-order valence-corrected chi connectivity index (χ3v) is 5.63. The summed E-state index contributed by atoms with van der Waals surface area (Å²) in [6, 6.07) is 18.3. The van der Waals surface area contributed by atoms with Crippen LogP contribution in [0.2, 0.25) is 0 Å². The number of benzene rings is 2. The number of nitrogens with zero attached hydrogens (tertiary/aromatic N) is 1. The molecule has 1 aliphatic heterocycles. The van der Waals surface area contributed by atoms with E-state index in [4.69, 9.17) is 0 Å². The lowest BCUT2D eigenvalue weighted by molar-refractivity contribution is 0.501. The molecule has 0 N–H and O–H groups in total. The standard InChI is InChI=1S/C21H25N/c1-22-15-16-9-5-6-10-17(16)18-11-3-2-4-12-19(18)20-13-7-8-14-21(20)22/h5-10,13-14,18-19H,2-4,11-12,15H2,1H3. The van der Waals surface area contributed by atoms with Gasteiger partial charge in [-0.25, -0.2) is 0 Å². The fourth-order valence-corrected chi connectivity index (χ4v) is 4.58. The van der Waals surface area contributed by atoms with E-state index in [2.05, 4.69) is 60.5 Å². The molecular formula is C21H25N. The first kappa shape index (κ1) is 13.9. The summed E-state index contributed by atoms with van der Waals surface area (Å²) >= 11 is 0. The topological polar surface area (TPSA) is 3.24 Å². The van der Waals surface area contributed by atoms with Gasteiger partial charge in [-0.15, -0.1) is 0 Å². The molecule has 1 heterocycles. The number of rotatable bonds is 0. The monoisotopic (exact) mass is 291 g/mol. The van der Waals surface area contributed by atoms with Crippen molar-refractivity contribution in [3.05, 3.63) is 65.2 Å². The van der Waals surface area contributed by atoms with E-state index in [-0.39, 0.29) is 0 Å². The predicted octanol–water partition coefficient (Wildman–Crippen LogP) is 5.47. The van der Waals surface area contributed by atoms with Crippen LogP contribution in [0.3, 0.4) is 0 Å². The average molecular weight is 291 g/mol. The van der Waals surface area contributed by atoms with E-state index in [0.717, 1.165) is 6.54 Å². The first-order chi connectivity index (χ1) is 10.8. The normalized spacial score (nSPS) is 24.3. The molecular weight excluding hydrogens is 266 g/mol. The van der Waals surface area contributed by atoms with Gasteiger partial charge in [-0.1, -0.05) is 61.7 Å². The third kappa shape index (κ3) is 2.33. The number of hydrogen-bond donors (Lipinski definition) is 0. The van der Waals surface area contributed by atoms with Crippen LogP contribution in [-0.2, 0) is 6.54 Å². The molecule has 22 heavy (non-hydrogen) atoms. The molecule has 2 aliphatic rings. The van der Waals surface area contributed by atoms with Gasteiger partial charge in [0.2, 0.25) is 0 Å². The molecule has 114 valence electrons. The smallest absolute Gasteiger partial charge is 0.0429 e. The maximum Gasteiger partial charge on any atom is 0.0429 e. The highest BCUT2D eigenvalue weighted by atomic mass is 15.1. The number of para-hydroxylation sites is 1. The number of hydrogen-bond acceptors (Lipinski definition) is 1. The van der Waals surface area contributed by atoms with Gasteiger partial charge in [-0.2, -0.15) is 0 Å². The first-order valence-corrected chi connectivity index (χ1v) is 8.72. The highest BCUT2D eigenvalue weighted by Crippen LogP contribution is 2.47. The summed E-state index contributed by atoms with van der Waals surface area (Å²) in [5.74, 6) is 1.39. The van der Waals surface area contributed by atoms with Crippen molar-refractivity contribution in [1.82, 2.24) is 0 Å². The highest BCUT2D eigenvalue weighted by molar-refractivity contribution is 5.57. The van der Waals surface area contributed by atoms with Gasteiger partial charge < -0.3 is 4.90 Å². The zero-order valence-electron chi connectivity index (χ0n) is 13.5. The molecule has 0 bridgehead atoms. The summed E-state index contributed by atoms with van der Waals surface area (Å²) in [7, 11) is 2.24. The molecule has 2 aromatic rings. The quantitative estimate of drug-likeness (QED) is 0.622. The Morgan fingerprint density at radius 1 is 0.773 bits per heavy atom. The predicted molar refractivity (Wildman–Crippen MR) is 93.6 cm³/mol. The van der Waals surface area contributed by atoms with Crippen LogP contribution >= 0.6 is 0 Å². The van der Waals surface area contributed by atoms with Gasteiger partial charge in [0, 0.05) is 19.3 Å². The Balaban J connectivity index is 1.90. The molecule has 1 heteroatoms. The minimum atomic E-state index is 0.683. The van der Waals surface area contributed by atoms with Crippen molar-refractivity contribution in [2.24, 2.45) is 0 Å². The fourth-order valence-electron chi connectivity index (χ4n) is 4.58. The van der Waals surface area contributed by atoms with Crippen LogP contribution in [0.15, 0.2) is 48.5 Å². The molecule has 1 aliphatic carbocycles. The number of anilines is 1. The van der Waals surface area contributed by atoms with Crippen molar-refractivity contribution >= 4 is 5.69 Å². The Morgan fingerprint density at radius 3 is 2.23 bits per heavy atom. The Bertz CT molecular complexity index is 660. The first-order valence-electron chi connectivity index (χ1n) is 8.72. The molecule has 0 saturated heterocycles. The Hall–Kier alpha value is -1.76. The molecule has 0 aromatic heterocycles. The van der Waals surface area contributed by atoms with Crippen LogP contribution in [0.1, 0.15) is 60.6 Å². The lowest BCUT2D eigenvalue weighted by Gasteiger charge is -2.35. The van der Waals surface area contributed by atoms with E-state index in [9.17, 15) is 0 Å². The van der Waals surface area contributed by atoms with Gasteiger partial charge in [-0.3, -0.25) is 0 Å². The molecule has 2 unspecified atom stereocenters. The summed E-state index contributed by atoms with van der Waals surface area (Å²) in [4.78, 5) is 2.44. The fraction of sp³-hybridized carbons (Fsp3) is 0.429. The van der Waals surface area contributed by atoms with Crippen LogP contribution in [0.25, 0.3) is 0 Å². The lowest BCUT2D eigenvalue weighted by Crippen LogP contribution is -2.25. The van der Waals surface area contributed by atoms with Crippen molar-refractivity contribution in [2.75, 3.05) is 11.9 Å². The van der Waals surface area contributed by atoms with Crippen LogP contribution in [0.5, 0.6) is 0 Å². The molecule has 2 aromatic carbocycles. The highest BCUT2D eigenvalue weighted by Gasteiger charge is 2.31. The largest absolute Gasteiger partial charge is 0.370 e. The van der Waals surface area contributed by atoms with Gasteiger partial charge in [0.15, 0.2) is 0 Å². The summed E-state index contributed by atoms with van der Waals surface area (Å²) < 4.78 is 0. The summed E-state index contributed by atoms with van der Waals surface area (Å²) in [6.07, 6.45) is 6.84. The molecule has 2 atom stereocenters. The lowest BCUT2D eigenvalue weighted by atomic mass is 9.75. The Morgan fingerprint density at radius 2 is 1.41 bits per heavy atom. The summed E-state index contributed by atoms with van der Waals surface area (Å²) in [5, 5.41) is 0. The molecule has 0 radical (unpaired) electrons. The van der Waals surface area contributed by atoms with Crippen molar-refractivity contribution in [2.45, 2.75) is 50.5 Å². The van der Waals surface area contributed by atoms with E-state index in [1.807, 2.05) is 0 Å². The van der Waals surface area contributed by atoms with E-state index < -0.39 is 0 Å². The molecule has 0 amide bonds. The summed E-state index contributed by atoms with van der Waals surface area (Å²) in [5.41, 5.74) is 6.15. The van der Waals surface area contributed by atoms with Gasteiger partial charge in [0.05, 0.1) is 0 Å². The zero-order chi connectivity index (χ0) is 14.9. The minimum Gasteiger partial charge on any atom is -0.370 e. The van der Waals surface area contributed by atoms with E-state index >= 15 is 0 Å². The average Bonchev–Trinajstić information content (AvgIpc) is 2.80. The Kier molecular flexibility index (Phi) is 3.65. The van der Waals surface area contributed by atoms with Gasteiger partial charge in [-0.05, 0) is 47.4 Å². The van der Waals surface area contributed by atoms with Crippen LogP contribution in [0, 0.1) is 0 Å². The van der Waals surface area contributed by atoms with Gasteiger partial charge in [0.1, 0.15) is 0 Å². The Labute approximate surface area is 134 Å². The van der Waals surface area contributed by atoms with E-state index in [0.29, 0.717) is 11.8 Å². The van der Waals surface area contributed by atoms with Crippen LogP contribution in [-0.4, -0.2) is 7.05 Å². The van der Waals surface area contributed by atoms with Crippen LogP contribution < -0.4 is 4.90 Å². The maximum atomic E-state index is 2.44. The zero-order valence-corrected chi connectivity index (χ0v) is 13.5. The molecule has 4 rings (SSSR count). The van der Waals surface area contributed by atoms with Crippen molar-refractivity contribution in [3.8, 4) is 0 Å². The summed E-state index contributed by atoms with van der Waals surface area (Å²) in [6.45, 7) is 1.02. The van der Waals surface area contributed by atoms with Crippen molar-refractivity contribution in [3.63, 3.8) is 0 Å². The van der Waals surface area contributed by atoms with E-state index in [1.165, 1.54) is 43.4 Å².